The van der Waals surface area contributed by atoms with Crippen LogP contribution in [0.2, 0.25) is 0 Å². The van der Waals surface area contributed by atoms with Crippen LogP contribution >= 0.6 is 11.3 Å². The largest absolute Gasteiger partial charge is 0.356 e. The Bertz CT molecular complexity index is 840. The molecule has 3 nitrogen and oxygen atoms in total. The van der Waals surface area contributed by atoms with E-state index in [0.717, 1.165) is 17.5 Å². The second-order valence-electron chi connectivity index (χ2n) is 6.05. The van der Waals surface area contributed by atoms with Gasteiger partial charge in [-0.2, -0.15) is 0 Å². The van der Waals surface area contributed by atoms with Crippen LogP contribution in [0, 0.1) is 0 Å². The number of thiophene rings is 1. The molecule has 0 bridgehead atoms. The molecule has 0 aliphatic heterocycles. The molecule has 0 aliphatic rings. The van der Waals surface area contributed by atoms with E-state index in [1.165, 1.54) is 4.88 Å². The van der Waals surface area contributed by atoms with E-state index in [9.17, 15) is 9.59 Å². The van der Waals surface area contributed by atoms with Crippen molar-refractivity contribution in [1.29, 1.82) is 0 Å². The number of hydrogen-bond donors (Lipinski definition) is 1. The van der Waals surface area contributed by atoms with Gasteiger partial charge in [0.25, 0.3) is 0 Å². The smallest absolute Gasteiger partial charge is 0.220 e. The number of ketones is 1. The fourth-order valence-corrected chi connectivity index (χ4v) is 3.43. The summed E-state index contributed by atoms with van der Waals surface area (Å²) in [6.45, 7) is 0.610. The fourth-order valence-electron chi connectivity index (χ4n) is 2.72. The van der Waals surface area contributed by atoms with Gasteiger partial charge in [-0.05, 0) is 29.0 Å². The van der Waals surface area contributed by atoms with E-state index in [1.54, 1.807) is 11.3 Å². The molecular formula is C22H21NO2S. The molecule has 0 spiro atoms. The molecule has 3 aromatic rings. The Labute approximate surface area is 157 Å². The van der Waals surface area contributed by atoms with Crippen LogP contribution in [-0.4, -0.2) is 18.2 Å². The first-order valence-corrected chi connectivity index (χ1v) is 9.58. The van der Waals surface area contributed by atoms with Crippen molar-refractivity contribution in [2.45, 2.75) is 19.3 Å². The number of amides is 1. The van der Waals surface area contributed by atoms with E-state index in [-0.39, 0.29) is 24.5 Å². The Morgan fingerprint density at radius 2 is 1.54 bits per heavy atom. The molecule has 0 aliphatic carbocycles. The molecule has 1 N–H and O–H groups in total. The zero-order chi connectivity index (χ0) is 18.2. The van der Waals surface area contributed by atoms with Gasteiger partial charge in [0.2, 0.25) is 5.91 Å². The van der Waals surface area contributed by atoms with Crippen LogP contribution in [0.4, 0.5) is 0 Å². The van der Waals surface area contributed by atoms with Crippen LogP contribution in [0.5, 0.6) is 0 Å². The van der Waals surface area contributed by atoms with Crippen molar-refractivity contribution in [3.63, 3.8) is 0 Å². The Morgan fingerprint density at radius 1 is 0.808 bits per heavy atom. The highest BCUT2D eigenvalue weighted by Gasteiger charge is 2.09. The molecule has 0 atom stereocenters. The summed E-state index contributed by atoms with van der Waals surface area (Å²) < 4.78 is 0. The van der Waals surface area contributed by atoms with Gasteiger partial charge in [0.15, 0.2) is 5.78 Å². The topological polar surface area (TPSA) is 46.2 Å². The van der Waals surface area contributed by atoms with Gasteiger partial charge < -0.3 is 5.32 Å². The van der Waals surface area contributed by atoms with Crippen molar-refractivity contribution in [1.82, 2.24) is 5.32 Å². The van der Waals surface area contributed by atoms with Crippen LogP contribution in [0.15, 0.2) is 72.1 Å². The van der Waals surface area contributed by atoms with Crippen LogP contribution in [0.1, 0.15) is 28.1 Å². The highest BCUT2D eigenvalue weighted by Crippen LogP contribution is 2.20. The highest BCUT2D eigenvalue weighted by atomic mass is 32.1. The van der Waals surface area contributed by atoms with E-state index < -0.39 is 0 Å². The highest BCUT2D eigenvalue weighted by molar-refractivity contribution is 7.09. The molecule has 4 heteroatoms. The van der Waals surface area contributed by atoms with Gasteiger partial charge in [-0.1, -0.05) is 60.7 Å². The predicted octanol–water partition coefficient (Wildman–Crippen LogP) is 4.74. The van der Waals surface area contributed by atoms with E-state index in [1.807, 2.05) is 66.0 Å². The fraction of sp³-hybridized carbons (Fsp3) is 0.182. The van der Waals surface area contributed by atoms with E-state index >= 15 is 0 Å². The quantitative estimate of drug-likeness (QED) is 0.588. The first-order valence-electron chi connectivity index (χ1n) is 8.70. The molecule has 0 saturated heterocycles. The summed E-state index contributed by atoms with van der Waals surface area (Å²) in [4.78, 5) is 25.4. The van der Waals surface area contributed by atoms with E-state index in [0.29, 0.717) is 12.1 Å². The molecule has 0 unspecified atom stereocenters. The average Bonchev–Trinajstić information content (AvgIpc) is 3.20. The number of nitrogens with one attached hydrogen (secondary N) is 1. The molecule has 0 saturated carbocycles. The Hall–Kier alpha value is -2.72. The molecule has 26 heavy (non-hydrogen) atoms. The third-order valence-corrected chi connectivity index (χ3v) is 5.10. The summed E-state index contributed by atoms with van der Waals surface area (Å²) in [7, 11) is 0. The third kappa shape index (κ3) is 5.14. The lowest BCUT2D eigenvalue weighted by Crippen LogP contribution is -2.25. The number of rotatable bonds is 8. The van der Waals surface area contributed by atoms with Crippen molar-refractivity contribution >= 4 is 23.0 Å². The second kappa shape index (κ2) is 9.11. The Kier molecular flexibility index (Phi) is 6.34. The summed E-state index contributed by atoms with van der Waals surface area (Å²) in [5.41, 5.74) is 2.85. The maximum absolute atomic E-state index is 12.3. The van der Waals surface area contributed by atoms with Gasteiger partial charge >= 0.3 is 0 Å². The van der Waals surface area contributed by atoms with Crippen LogP contribution < -0.4 is 5.32 Å². The second-order valence-corrected chi connectivity index (χ2v) is 7.08. The average molecular weight is 363 g/mol. The molecular weight excluding hydrogens is 342 g/mol. The molecule has 0 fully saturated rings. The number of benzene rings is 2. The summed E-state index contributed by atoms with van der Waals surface area (Å²) >= 11 is 1.68. The molecule has 2 aromatic carbocycles. The number of carbonyl (C=O) groups is 2. The standard InChI is InChI=1S/C22H21NO2S/c24-21(12-13-22(25)23-15-14-20-7-4-16-26-20)19-10-8-18(9-11-19)17-5-2-1-3-6-17/h1-11,16H,12-15H2,(H,23,25). The molecule has 3 rings (SSSR count). The monoisotopic (exact) mass is 363 g/mol. The van der Waals surface area contributed by atoms with Gasteiger partial charge in [0.05, 0.1) is 0 Å². The molecule has 1 heterocycles. The van der Waals surface area contributed by atoms with E-state index in [4.69, 9.17) is 0 Å². The summed E-state index contributed by atoms with van der Waals surface area (Å²) in [5.74, 6) is -0.0752. The Balaban J connectivity index is 1.45. The van der Waals surface area contributed by atoms with Crippen LogP contribution in [-0.2, 0) is 11.2 Å². The maximum atomic E-state index is 12.3. The van der Waals surface area contributed by atoms with Crippen LogP contribution in [0.3, 0.4) is 0 Å². The number of hydrogen-bond acceptors (Lipinski definition) is 3. The van der Waals surface area contributed by atoms with Gasteiger partial charge in [-0.15, -0.1) is 11.3 Å². The minimum Gasteiger partial charge on any atom is -0.356 e. The lowest BCUT2D eigenvalue weighted by molar-refractivity contribution is -0.121. The van der Waals surface area contributed by atoms with E-state index in [2.05, 4.69) is 11.4 Å². The SMILES string of the molecule is O=C(CCC(=O)c1ccc(-c2ccccc2)cc1)NCCc1cccs1. The zero-order valence-electron chi connectivity index (χ0n) is 14.5. The van der Waals surface area contributed by atoms with Gasteiger partial charge in [-0.3, -0.25) is 9.59 Å². The molecule has 132 valence electrons. The summed E-state index contributed by atoms with van der Waals surface area (Å²) in [5, 5.41) is 4.90. The normalized spacial score (nSPS) is 10.5. The maximum Gasteiger partial charge on any atom is 0.220 e. The predicted molar refractivity (Wildman–Crippen MR) is 106 cm³/mol. The van der Waals surface area contributed by atoms with Crippen molar-refractivity contribution < 1.29 is 9.59 Å². The minimum atomic E-state index is -0.0733. The zero-order valence-corrected chi connectivity index (χ0v) is 15.3. The van der Waals surface area contributed by atoms with Crippen molar-refractivity contribution in [2.24, 2.45) is 0 Å². The van der Waals surface area contributed by atoms with Crippen LogP contribution in [0.25, 0.3) is 11.1 Å². The number of Topliss-reactive ketones (excluding diaryl/α,β-unsaturated/α-hetero) is 1. The van der Waals surface area contributed by atoms with Gasteiger partial charge in [0.1, 0.15) is 0 Å². The summed E-state index contributed by atoms with van der Waals surface area (Å²) in [6.07, 6.45) is 1.29. The van der Waals surface area contributed by atoms with Crippen molar-refractivity contribution in [3.05, 3.63) is 82.6 Å². The van der Waals surface area contributed by atoms with Crippen molar-refractivity contribution in [3.8, 4) is 11.1 Å². The van der Waals surface area contributed by atoms with Crippen molar-refractivity contribution in [2.75, 3.05) is 6.54 Å². The van der Waals surface area contributed by atoms with Gasteiger partial charge in [-0.25, -0.2) is 0 Å². The molecule has 1 amide bonds. The lowest BCUT2D eigenvalue weighted by atomic mass is 10.0. The minimum absolute atomic E-state index is 0.00183. The molecule has 1 aromatic heterocycles. The third-order valence-electron chi connectivity index (χ3n) is 4.17. The Morgan fingerprint density at radius 3 is 2.23 bits per heavy atom. The lowest BCUT2D eigenvalue weighted by Gasteiger charge is -2.06. The first-order chi connectivity index (χ1) is 12.7. The summed E-state index contributed by atoms with van der Waals surface area (Å²) in [6, 6.07) is 21.7. The number of carbonyl (C=O) groups excluding carboxylic acids is 2. The van der Waals surface area contributed by atoms with Gasteiger partial charge in [0, 0.05) is 29.8 Å². The molecule has 0 radical (unpaired) electrons. The first kappa shape index (κ1) is 18.1.